The van der Waals surface area contributed by atoms with E-state index in [1.807, 2.05) is 86.6 Å². The van der Waals surface area contributed by atoms with Crippen LogP contribution in [0, 0.1) is 122 Å². The Labute approximate surface area is 558 Å². The Balaban J connectivity index is 0. The highest BCUT2D eigenvalue weighted by molar-refractivity contribution is 5.37. The van der Waals surface area contributed by atoms with Crippen LogP contribution in [0.4, 0.5) is 0 Å². The van der Waals surface area contributed by atoms with Gasteiger partial charge in [-0.15, -0.1) is 0 Å². The zero-order chi connectivity index (χ0) is 88.9. The Morgan fingerprint density at radius 1 is 0.337 bits per heavy atom. The molecule has 7 aromatic rings. The second-order valence-corrected chi connectivity index (χ2v) is 22.3. The lowest BCUT2D eigenvalue weighted by atomic mass is 9.88. The van der Waals surface area contributed by atoms with Gasteiger partial charge in [0.25, 0.3) is 0 Å². The van der Waals surface area contributed by atoms with E-state index in [-0.39, 0.29) is 5.89 Å². The van der Waals surface area contributed by atoms with Crippen LogP contribution in [0.3, 0.4) is 0 Å². The van der Waals surface area contributed by atoms with E-state index in [1.54, 1.807) is 48.5 Å². The largest absolute Gasteiger partial charge is 0.0651 e. The van der Waals surface area contributed by atoms with Gasteiger partial charge in [-0.05, 0) is 246 Å². The number of aryl methyl sites for hydroxylation is 13. The summed E-state index contributed by atoms with van der Waals surface area (Å²) >= 11 is 0. The standard InChI is InChI=1S/C15H24.2C10H14.3C9H12.C8H10.C7H16.C6H14/c1-10(2)13-7-14(11(3)4)9-15(8-13)12(5)6;1-7-5-8(2)10(4)9(3)6-7;1-8(2)10-7-5-4-6-9(10)3;1-7-4-5-8(2)9(3)6-7;2*1-7-5-4-6-8(2)9(7)3;1-7-5-3-4-6-8(7)2;1-5-7(3,4)6-2;1-4-6(3)5-2/h7-12H,1-6H3;5-6H,1-4H3;4-8H,1-3H3;3*4-6H,1-3H3;3-6H,1-2H3;5-6H2,1-4H3;6H,4-5H2,1-3H3/i1D3,2D3,3D3,5D3,10D,11D,12D;1D3;1D3,8D;2*1D3;;;;6D. The fourth-order valence-electron chi connectivity index (χ4n) is 6.79. The fourth-order valence-corrected chi connectivity index (χ4v) is 6.79. The van der Waals surface area contributed by atoms with Gasteiger partial charge in [0.2, 0.25) is 0 Å². The molecule has 0 saturated carbocycles. The van der Waals surface area contributed by atoms with Crippen molar-refractivity contribution in [2.45, 2.75) is 263 Å². The third-order valence-corrected chi connectivity index (χ3v) is 15.1. The molecule has 0 radical (unpaired) electrons. The minimum absolute atomic E-state index is 0.167. The molecule has 0 saturated heterocycles. The monoisotopic (exact) mass is 1150 g/mol. The zero-order valence-electron chi connectivity index (χ0n) is 84.5. The van der Waals surface area contributed by atoms with Crippen LogP contribution in [-0.2, 0) is 0 Å². The minimum Gasteiger partial charge on any atom is -0.0651 e. The first-order valence-electron chi connectivity index (χ1n) is 43.5. The van der Waals surface area contributed by atoms with Gasteiger partial charge in [0.15, 0.2) is 0 Å². The van der Waals surface area contributed by atoms with Gasteiger partial charge in [-0.25, -0.2) is 0 Å². The molecule has 0 aromatic heterocycles. The van der Waals surface area contributed by atoms with Crippen LogP contribution >= 0.6 is 0 Å². The highest BCUT2D eigenvalue weighted by Gasteiger charge is 2.10. The van der Waals surface area contributed by atoms with Crippen LogP contribution < -0.4 is 0 Å². The van der Waals surface area contributed by atoms with Gasteiger partial charge in [-0.1, -0.05) is 274 Å². The van der Waals surface area contributed by atoms with Crippen molar-refractivity contribution < 1.29 is 39.8 Å². The van der Waals surface area contributed by atoms with Crippen molar-refractivity contribution in [1.82, 2.24) is 0 Å². The molecule has 0 N–H and O–H groups in total. The summed E-state index contributed by atoms with van der Waals surface area (Å²) in [6.45, 7) is 23.6. The first kappa shape index (κ1) is 41.6. The maximum atomic E-state index is 8.35. The summed E-state index contributed by atoms with van der Waals surface area (Å²) in [4.78, 5) is 0. The second-order valence-electron chi connectivity index (χ2n) is 22.3. The Morgan fingerprint density at radius 3 is 1.01 bits per heavy atom. The van der Waals surface area contributed by atoms with Gasteiger partial charge < -0.3 is 0 Å². The Hall–Kier alpha value is -5.46. The van der Waals surface area contributed by atoms with E-state index in [0.717, 1.165) is 83.8 Å². The fraction of sp³-hybridized carbons (Fsp3) is 0.494. The lowest BCUT2D eigenvalue weighted by molar-refractivity contribution is 0.338. The van der Waals surface area contributed by atoms with Crippen molar-refractivity contribution in [1.29, 1.82) is 0 Å². The average Bonchev–Trinajstić information content (AvgIpc) is 0.662. The molecule has 0 heteroatoms. The third-order valence-electron chi connectivity index (χ3n) is 15.1. The normalized spacial score (nSPS) is 19.1. The van der Waals surface area contributed by atoms with Crippen molar-refractivity contribution in [3.8, 4) is 0 Å². The Morgan fingerprint density at radius 2 is 0.687 bits per heavy atom. The lowest BCUT2D eigenvalue weighted by Crippen LogP contribution is -2.05. The van der Waals surface area contributed by atoms with E-state index in [1.165, 1.54) is 53.1 Å². The summed E-state index contributed by atoms with van der Waals surface area (Å²) in [6, 6.07) is 38.6. The first-order chi connectivity index (χ1) is 50.0. The van der Waals surface area contributed by atoms with Crippen molar-refractivity contribution in [3.63, 3.8) is 0 Å². The molecule has 0 aliphatic carbocycles. The molecule has 0 nitrogen and oxygen atoms in total. The summed E-state index contributed by atoms with van der Waals surface area (Å²) in [7, 11) is 0. The molecule has 0 aliphatic heterocycles. The summed E-state index contributed by atoms with van der Waals surface area (Å²) in [5.74, 6) is -9.74. The summed E-state index contributed by atoms with van der Waals surface area (Å²) < 4.78 is 219. The van der Waals surface area contributed by atoms with Crippen LogP contribution in [0.2, 0.25) is 0 Å². The maximum Gasteiger partial charge on any atom is 0.0347 e. The van der Waals surface area contributed by atoms with Crippen LogP contribution in [0.25, 0.3) is 0 Å². The van der Waals surface area contributed by atoms with Gasteiger partial charge in [-0.2, -0.15) is 0 Å². The van der Waals surface area contributed by atoms with Crippen molar-refractivity contribution in [3.05, 3.63) is 245 Å². The predicted molar refractivity (Wildman–Crippen MR) is 381 cm³/mol. The van der Waals surface area contributed by atoms with Crippen LogP contribution in [0.1, 0.15) is 304 Å². The quantitative estimate of drug-likeness (QED) is 0.142. The molecule has 3 atom stereocenters. The first-order valence-corrected chi connectivity index (χ1v) is 29.0. The second kappa shape index (κ2) is 42.4. The maximum absolute atomic E-state index is 8.35. The Bertz CT molecular complexity index is 3860. The van der Waals surface area contributed by atoms with E-state index in [2.05, 4.69) is 119 Å². The highest BCUT2D eigenvalue weighted by Crippen LogP contribution is 2.27. The Kier molecular flexibility index (Phi) is 21.2. The molecule has 7 aromatic carbocycles. The van der Waals surface area contributed by atoms with E-state index in [4.69, 9.17) is 39.8 Å². The molecule has 0 bridgehead atoms. The van der Waals surface area contributed by atoms with Gasteiger partial charge in [-0.3, -0.25) is 0 Å². The zero-order valence-corrected chi connectivity index (χ0v) is 55.5. The van der Waals surface area contributed by atoms with E-state index < -0.39 is 95.1 Å². The van der Waals surface area contributed by atoms with Crippen molar-refractivity contribution in [2.24, 2.45) is 11.3 Å². The number of hydrogen-bond acceptors (Lipinski definition) is 0. The highest BCUT2D eigenvalue weighted by atomic mass is 14.2. The molecule has 3 unspecified atom stereocenters. The van der Waals surface area contributed by atoms with E-state index in [0.29, 0.717) is 27.7 Å². The lowest BCUT2D eigenvalue weighted by Gasteiger charge is -2.18. The van der Waals surface area contributed by atoms with Gasteiger partial charge in [0, 0.05) is 39.8 Å². The van der Waals surface area contributed by atoms with Gasteiger partial charge in [0.05, 0.1) is 0 Å². The van der Waals surface area contributed by atoms with Crippen molar-refractivity contribution in [2.75, 3.05) is 0 Å². The number of hydrogen-bond donors (Lipinski definition) is 0. The van der Waals surface area contributed by atoms with Gasteiger partial charge in [0.1, 0.15) is 0 Å². The molecule has 7 rings (SSSR count). The average molecular weight is 1160 g/mol. The molecule has 0 amide bonds. The van der Waals surface area contributed by atoms with Gasteiger partial charge >= 0.3 is 0 Å². The molecule has 0 aliphatic rings. The van der Waals surface area contributed by atoms with Crippen LogP contribution in [0.15, 0.2) is 133 Å². The molecule has 0 fully saturated rings. The summed E-state index contributed by atoms with van der Waals surface area (Å²) in [6.07, 6.45) is 4.51. The molecule has 0 spiro atoms. The van der Waals surface area contributed by atoms with E-state index in [9.17, 15) is 0 Å². The summed E-state index contributed by atoms with van der Waals surface area (Å²) in [5.41, 5.74) is 16.0. The molecular formula is C83H128. The van der Waals surface area contributed by atoms with Crippen LogP contribution in [0.5, 0.6) is 0 Å². The van der Waals surface area contributed by atoms with E-state index >= 15 is 0 Å². The van der Waals surface area contributed by atoms with Crippen molar-refractivity contribution >= 4 is 0 Å². The smallest absolute Gasteiger partial charge is 0.0347 e. The number of benzene rings is 7. The molecule has 0 heterocycles. The molecule has 460 valence electrons. The third kappa shape index (κ3) is 34.2. The topological polar surface area (TPSA) is 0 Å². The molecular weight excluding hydrogens is 997 g/mol. The SMILES string of the molecule is CCC(C)(C)CC.Cc1cccc(C)c1C.Cc1ccccc1C.[2H]C(C)(CC)CC.[2H]C([2H])([2H])C([2H])(C)c1cc(C([2H])(C)C([2H])([2H])[2H])cc(C([2H])(C([2H])([2H])[2H])C([2H])([2H])[2H])c1.[2H]C([2H])([2H])C([2H])(C)c1ccccc1C.[2H]C([2H])([2H])c1cc(C)c(C)c(C)c1.[2H]C([2H])([2H])c1ccc(C)c(C)c1.[2H]C([2H])([2H])c1cccc(C)c1C. The minimum atomic E-state index is -3.41. The van der Waals surface area contributed by atoms with Crippen LogP contribution in [-0.4, -0.2) is 0 Å². The molecule has 83 heavy (non-hydrogen) atoms. The number of rotatable bonds is 8. The predicted octanol–water partition coefficient (Wildman–Crippen LogP) is 26.5. The summed E-state index contributed by atoms with van der Waals surface area (Å²) in [5, 5.41) is 0.